The highest BCUT2D eigenvalue weighted by Gasteiger charge is 2.20. The zero-order valence-corrected chi connectivity index (χ0v) is 17.7. The van der Waals surface area contributed by atoms with Gasteiger partial charge in [0.2, 0.25) is 5.91 Å². The van der Waals surface area contributed by atoms with Crippen LogP contribution in [0.5, 0.6) is 5.75 Å². The molecule has 0 atom stereocenters. The molecule has 1 amide bonds. The molecule has 4 N–H and O–H groups in total. The SMILES string of the molecule is COc1ccc(CCNC(N)=NCc2cccc(NC(=O)C3CCCCC3)c2)cc1. The van der Waals surface area contributed by atoms with Crippen LogP contribution in [0.15, 0.2) is 53.5 Å². The summed E-state index contributed by atoms with van der Waals surface area (Å²) in [7, 11) is 1.66. The van der Waals surface area contributed by atoms with E-state index in [0.717, 1.165) is 49.1 Å². The van der Waals surface area contributed by atoms with Crippen LogP contribution in [-0.2, 0) is 17.8 Å². The second-order valence-electron chi connectivity index (χ2n) is 7.75. The summed E-state index contributed by atoms with van der Waals surface area (Å²) in [6.45, 7) is 1.17. The molecular weight excluding hydrogens is 376 g/mol. The molecule has 0 aliphatic heterocycles. The summed E-state index contributed by atoms with van der Waals surface area (Å²) >= 11 is 0. The summed E-state index contributed by atoms with van der Waals surface area (Å²) < 4.78 is 5.17. The number of rotatable bonds is 8. The zero-order valence-electron chi connectivity index (χ0n) is 17.7. The largest absolute Gasteiger partial charge is 0.497 e. The lowest BCUT2D eigenvalue weighted by molar-refractivity contribution is -0.120. The molecular formula is C24H32N4O2. The molecule has 2 aromatic carbocycles. The number of nitrogens with one attached hydrogen (secondary N) is 2. The summed E-state index contributed by atoms with van der Waals surface area (Å²) in [4.78, 5) is 16.9. The number of methoxy groups -OCH3 is 1. The zero-order chi connectivity index (χ0) is 21.2. The van der Waals surface area contributed by atoms with Gasteiger partial charge >= 0.3 is 0 Å². The highest BCUT2D eigenvalue weighted by molar-refractivity contribution is 5.92. The van der Waals surface area contributed by atoms with Gasteiger partial charge in [0, 0.05) is 18.2 Å². The summed E-state index contributed by atoms with van der Waals surface area (Å²) in [5.74, 6) is 1.55. The minimum atomic E-state index is 0.134. The number of guanidine groups is 1. The Bertz CT molecular complexity index is 843. The van der Waals surface area contributed by atoms with Crippen LogP contribution in [0.4, 0.5) is 5.69 Å². The van der Waals surface area contributed by atoms with Crippen LogP contribution in [-0.4, -0.2) is 25.5 Å². The highest BCUT2D eigenvalue weighted by atomic mass is 16.5. The van der Waals surface area contributed by atoms with Gasteiger partial charge in [-0.1, -0.05) is 43.5 Å². The van der Waals surface area contributed by atoms with Crippen LogP contribution in [0.3, 0.4) is 0 Å². The van der Waals surface area contributed by atoms with E-state index in [2.05, 4.69) is 15.6 Å². The molecule has 1 saturated carbocycles. The van der Waals surface area contributed by atoms with Gasteiger partial charge in [-0.05, 0) is 54.7 Å². The molecule has 3 rings (SSSR count). The lowest BCUT2D eigenvalue weighted by Gasteiger charge is -2.20. The smallest absolute Gasteiger partial charge is 0.227 e. The number of nitrogens with zero attached hydrogens (tertiary/aromatic N) is 1. The van der Waals surface area contributed by atoms with Crippen LogP contribution in [0.25, 0.3) is 0 Å². The summed E-state index contributed by atoms with van der Waals surface area (Å²) in [6, 6.07) is 15.8. The van der Waals surface area contributed by atoms with E-state index in [1.165, 1.54) is 12.0 Å². The average molecular weight is 409 g/mol. The molecule has 0 aromatic heterocycles. The maximum absolute atomic E-state index is 12.4. The molecule has 0 radical (unpaired) electrons. The third kappa shape index (κ3) is 6.79. The predicted octanol–water partition coefficient (Wildman–Crippen LogP) is 3.86. The molecule has 0 bridgehead atoms. The Balaban J connectivity index is 1.45. The summed E-state index contributed by atoms with van der Waals surface area (Å²) in [5.41, 5.74) is 9.04. The number of carbonyl (C=O) groups excluding carboxylic acids is 1. The van der Waals surface area contributed by atoms with E-state index in [0.29, 0.717) is 19.0 Å². The molecule has 30 heavy (non-hydrogen) atoms. The van der Waals surface area contributed by atoms with Crippen molar-refractivity contribution in [1.82, 2.24) is 5.32 Å². The van der Waals surface area contributed by atoms with Crippen molar-refractivity contribution in [3.63, 3.8) is 0 Å². The van der Waals surface area contributed by atoms with Gasteiger partial charge in [0.15, 0.2) is 5.96 Å². The highest BCUT2D eigenvalue weighted by Crippen LogP contribution is 2.25. The fraction of sp³-hybridized carbons (Fsp3) is 0.417. The lowest BCUT2D eigenvalue weighted by Crippen LogP contribution is -2.33. The van der Waals surface area contributed by atoms with Crippen molar-refractivity contribution < 1.29 is 9.53 Å². The number of ether oxygens (including phenoxy) is 1. The van der Waals surface area contributed by atoms with E-state index in [-0.39, 0.29) is 11.8 Å². The third-order valence-electron chi connectivity index (χ3n) is 5.48. The first kappa shape index (κ1) is 21.7. The summed E-state index contributed by atoms with van der Waals surface area (Å²) in [5, 5.41) is 6.20. The molecule has 6 heteroatoms. The third-order valence-corrected chi connectivity index (χ3v) is 5.48. The molecule has 0 unspecified atom stereocenters. The van der Waals surface area contributed by atoms with Gasteiger partial charge in [-0.15, -0.1) is 0 Å². The Labute approximate surface area is 178 Å². The fourth-order valence-electron chi connectivity index (χ4n) is 3.72. The number of hydrogen-bond acceptors (Lipinski definition) is 3. The number of benzene rings is 2. The van der Waals surface area contributed by atoms with Crippen molar-refractivity contribution in [2.45, 2.75) is 45.1 Å². The topological polar surface area (TPSA) is 88.7 Å². The van der Waals surface area contributed by atoms with Gasteiger partial charge in [-0.2, -0.15) is 0 Å². The molecule has 6 nitrogen and oxygen atoms in total. The van der Waals surface area contributed by atoms with Crippen molar-refractivity contribution in [1.29, 1.82) is 0 Å². The number of carbonyl (C=O) groups is 1. The quantitative estimate of drug-likeness (QED) is 0.457. The van der Waals surface area contributed by atoms with Crippen molar-refractivity contribution in [3.8, 4) is 5.75 Å². The van der Waals surface area contributed by atoms with Crippen LogP contribution in [0.1, 0.15) is 43.2 Å². The molecule has 1 aliphatic rings. The van der Waals surface area contributed by atoms with E-state index in [1.807, 2.05) is 48.5 Å². The number of hydrogen-bond donors (Lipinski definition) is 3. The Morgan fingerprint density at radius 1 is 1.10 bits per heavy atom. The average Bonchev–Trinajstić information content (AvgIpc) is 2.79. The second kappa shape index (κ2) is 11.2. The van der Waals surface area contributed by atoms with Gasteiger partial charge in [-0.3, -0.25) is 4.79 Å². The van der Waals surface area contributed by atoms with Gasteiger partial charge in [0.25, 0.3) is 0 Å². The van der Waals surface area contributed by atoms with Gasteiger partial charge in [0.1, 0.15) is 5.75 Å². The molecule has 1 fully saturated rings. The molecule has 0 spiro atoms. The lowest BCUT2D eigenvalue weighted by atomic mass is 9.88. The predicted molar refractivity (Wildman–Crippen MR) is 122 cm³/mol. The fourth-order valence-corrected chi connectivity index (χ4v) is 3.72. The van der Waals surface area contributed by atoms with E-state index < -0.39 is 0 Å². The second-order valence-corrected chi connectivity index (χ2v) is 7.75. The maximum Gasteiger partial charge on any atom is 0.227 e. The van der Waals surface area contributed by atoms with Gasteiger partial charge < -0.3 is 21.1 Å². The molecule has 0 saturated heterocycles. The van der Waals surface area contributed by atoms with Crippen LogP contribution in [0.2, 0.25) is 0 Å². The molecule has 160 valence electrons. The van der Waals surface area contributed by atoms with Crippen LogP contribution in [0, 0.1) is 5.92 Å². The number of aliphatic imine (C=N–C) groups is 1. The minimum absolute atomic E-state index is 0.134. The number of nitrogens with two attached hydrogens (primary N) is 1. The van der Waals surface area contributed by atoms with Crippen LogP contribution >= 0.6 is 0 Å². The Hall–Kier alpha value is -3.02. The normalized spacial score (nSPS) is 14.9. The first-order valence-electron chi connectivity index (χ1n) is 10.7. The number of anilines is 1. The Morgan fingerprint density at radius 2 is 1.87 bits per heavy atom. The number of amides is 1. The standard InChI is InChI=1S/C24H32N4O2/c1-30-22-12-10-18(11-13-22)14-15-26-24(25)27-17-19-6-5-9-21(16-19)28-23(29)20-7-3-2-4-8-20/h5-6,9-13,16,20H,2-4,7-8,14-15,17H2,1H3,(H,28,29)(H3,25,26,27). The van der Waals surface area contributed by atoms with Crippen molar-refractivity contribution in [3.05, 3.63) is 59.7 Å². The van der Waals surface area contributed by atoms with E-state index in [9.17, 15) is 4.79 Å². The maximum atomic E-state index is 12.4. The van der Waals surface area contributed by atoms with Gasteiger partial charge in [0.05, 0.1) is 13.7 Å². The summed E-state index contributed by atoms with van der Waals surface area (Å²) in [6.07, 6.45) is 6.38. The van der Waals surface area contributed by atoms with E-state index >= 15 is 0 Å². The van der Waals surface area contributed by atoms with E-state index in [1.54, 1.807) is 7.11 Å². The van der Waals surface area contributed by atoms with Crippen molar-refractivity contribution >= 4 is 17.6 Å². The first-order valence-corrected chi connectivity index (χ1v) is 10.7. The first-order chi connectivity index (χ1) is 14.6. The van der Waals surface area contributed by atoms with Crippen molar-refractivity contribution in [2.75, 3.05) is 19.0 Å². The monoisotopic (exact) mass is 408 g/mol. The Kier molecular flexibility index (Phi) is 8.12. The van der Waals surface area contributed by atoms with Crippen LogP contribution < -0.4 is 21.1 Å². The van der Waals surface area contributed by atoms with Crippen molar-refractivity contribution in [2.24, 2.45) is 16.6 Å². The minimum Gasteiger partial charge on any atom is -0.497 e. The van der Waals surface area contributed by atoms with Gasteiger partial charge in [-0.25, -0.2) is 4.99 Å². The molecule has 1 aliphatic carbocycles. The van der Waals surface area contributed by atoms with E-state index in [4.69, 9.17) is 10.5 Å². The molecule has 2 aromatic rings. The Morgan fingerprint density at radius 3 is 2.60 bits per heavy atom. The molecule has 0 heterocycles.